The van der Waals surface area contributed by atoms with Crippen molar-refractivity contribution < 1.29 is 14.1 Å². The number of alkyl halides is 1. The lowest BCUT2D eigenvalue weighted by Gasteiger charge is -2.16. The molecule has 0 spiro atoms. The number of carbonyl (C=O) groups is 1. The Morgan fingerprint density at radius 1 is 1.53 bits per heavy atom. The van der Waals surface area contributed by atoms with Crippen molar-refractivity contribution >= 4 is 49.1 Å². The second kappa shape index (κ2) is 5.54. The van der Waals surface area contributed by atoms with Crippen LogP contribution in [-0.4, -0.2) is 22.7 Å². The van der Waals surface area contributed by atoms with E-state index >= 15 is 0 Å². The van der Waals surface area contributed by atoms with E-state index in [0.29, 0.717) is 18.3 Å². The van der Waals surface area contributed by atoms with Gasteiger partial charge in [-0.1, -0.05) is 15.9 Å². The molecule has 19 heavy (non-hydrogen) atoms. The molecule has 0 N–H and O–H groups in total. The predicted octanol–water partition coefficient (Wildman–Crippen LogP) is 3.24. The molecule has 1 aliphatic rings. The molecule has 0 radical (unpaired) electrons. The lowest BCUT2D eigenvalue weighted by atomic mass is 10.2. The largest absolute Gasteiger partial charge is 0.329 e. The number of anilines is 1. The van der Waals surface area contributed by atoms with E-state index in [-0.39, 0.29) is 22.0 Å². The number of benzene rings is 1. The van der Waals surface area contributed by atoms with E-state index in [1.54, 1.807) is 0 Å². The standard InChI is InChI=1S/C11H9Br2FN2O3/c12-4-6-3-9(17)15(5-6)8-2-1-7(13)10(14)11(8)16(18)19/h1-2,6H,3-5H2. The number of hydrogen-bond acceptors (Lipinski definition) is 3. The molecule has 1 aromatic rings. The van der Waals surface area contributed by atoms with E-state index in [0.717, 1.165) is 0 Å². The van der Waals surface area contributed by atoms with Crippen molar-refractivity contribution in [2.45, 2.75) is 6.42 Å². The lowest BCUT2D eigenvalue weighted by molar-refractivity contribution is -0.386. The maximum absolute atomic E-state index is 13.8. The van der Waals surface area contributed by atoms with Gasteiger partial charge in [-0.2, -0.15) is 4.39 Å². The molecule has 1 atom stereocenters. The molecule has 0 aliphatic carbocycles. The SMILES string of the molecule is O=C1CC(CBr)CN1c1ccc(Br)c(F)c1[N+](=O)[O-]. The molecule has 1 unspecified atom stereocenters. The van der Waals surface area contributed by atoms with Crippen LogP contribution in [0.15, 0.2) is 16.6 Å². The minimum Gasteiger partial charge on any atom is -0.306 e. The van der Waals surface area contributed by atoms with Gasteiger partial charge in [-0.3, -0.25) is 14.9 Å². The molecule has 5 nitrogen and oxygen atoms in total. The van der Waals surface area contributed by atoms with Crippen LogP contribution in [0.5, 0.6) is 0 Å². The third kappa shape index (κ3) is 2.64. The smallest absolute Gasteiger partial charge is 0.306 e. The van der Waals surface area contributed by atoms with Gasteiger partial charge in [0.1, 0.15) is 5.69 Å². The Kier molecular flexibility index (Phi) is 4.19. The fraction of sp³-hybridized carbons (Fsp3) is 0.364. The summed E-state index contributed by atoms with van der Waals surface area (Å²) in [6.45, 7) is 0.353. The number of amides is 1. The zero-order valence-electron chi connectivity index (χ0n) is 9.61. The maximum atomic E-state index is 13.8. The third-order valence-electron chi connectivity index (χ3n) is 2.94. The van der Waals surface area contributed by atoms with Gasteiger partial charge in [0, 0.05) is 18.3 Å². The third-order valence-corrected chi connectivity index (χ3v) is 4.47. The molecule has 0 saturated carbocycles. The van der Waals surface area contributed by atoms with Crippen LogP contribution in [-0.2, 0) is 4.79 Å². The summed E-state index contributed by atoms with van der Waals surface area (Å²) in [5.41, 5.74) is -0.655. The van der Waals surface area contributed by atoms with Gasteiger partial charge in [0.05, 0.1) is 9.40 Å². The van der Waals surface area contributed by atoms with Crippen molar-refractivity contribution in [3.8, 4) is 0 Å². The number of halogens is 3. The van der Waals surface area contributed by atoms with Gasteiger partial charge < -0.3 is 4.90 Å². The van der Waals surface area contributed by atoms with Crippen LogP contribution in [0.25, 0.3) is 0 Å². The zero-order chi connectivity index (χ0) is 14.2. The summed E-state index contributed by atoms with van der Waals surface area (Å²) >= 11 is 6.19. The number of nitro groups is 1. The molecule has 1 heterocycles. The van der Waals surface area contributed by atoms with E-state index in [1.807, 2.05) is 0 Å². The molecular weight excluding hydrogens is 387 g/mol. The van der Waals surface area contributed by atoms with E-state index in [2.05, 4.69) is 31.9 Å². The van der Waals surface area contributed by atoms with Gasteiger partial charge >= 0.3 is 5.69 Å². The molecule has 1 fully saturated rings. The number of rotatable bonds is 3. The Balaban J connectivity index is 2.49. The Hall–Kier alpha value is -1.02. The quantitative estimate of drug-likeness (QED) is 0.448. The van der Waals surface area contributed by atoms with Crippen molar-refractivity contribution in [1.82, 2.24) is 0 Å². The fourth-order valence-corrected chi connectivity index (χ4v) is 2.79. The number of nitro benzene ring substituents is 1. The van der Waals surface area contributed by atoms with Gasteiger partial charge in [0.2, 0.25) is 11.7 Å². The van der Waals surface area contributed by atoms with Crippen LogP contribution in [0.3, 0.4) is 0 Å². The first-order valence-electron chi connectivity index (χ1n) is 5.44. The molecule has 102 valence electrons. The summed E-state index contributed by atoms with van der Waals surface area (Å²) < 4.78 is 13.8. The average molecular weight is 396 g/mol. The Morgan fingerprint density at radius 3 is 2.74 bits per heavy atom. The van der Waals surface area contributed by atoms with Gasteiger partial charge in [-0.05, 0) is 34.0 Å². The molecule has 2 rings (SSSR count). The first kappa shape index (κ1) is 14.4. The number of nitrogens with zero attached hydrogens (tertiary/aromatic N) is 2. The Labute approximate surface area is 125 Å². The molecule has 1 amide bonds. The van der Waals surface area contributed by atoms with Crippen LogP contribution in [0.2, 0.25) is 0 Å². The second-order valence-electron chi connectivity index (χ2n) is 4.22. The highest BCUT2D eigenvalue weighted by molar-refractivity contribution is 9.10. The van der Waals surface area contributed by atoms with Crippen LogP contribution in [0.4, 0.5) is 15.8 Å². The van der Waals surface area contributed by atoms with E-state index < -0.39 is 16.4 Å². The van der Waals surface area contributed by atoms with Crippen molar-refractivity contribution in [1.29, 1.82) is 0 Å². The summed E-state index contributed by atoms with van der Waals surface area (Å²) in [5, 5.41) is 11.6. The first-order chi connectivity index (χ1) is 8.95. The highest BCUT2D eigenvalue weighted by atomic mass is 79.9. The van der Waals surface area contributed by atoms with Gasteiger partial charge in [-0.25, -0.2) is 0 Å². The van der Waals surface area contributed by atoms with Crippen LogP contribution < -0.4 is 4.90 Å². The molecular formula is C11H9Br2FN2O3. The average Bonchev–Trinajstić information content (AvgIpc) is 2.73. The van der Waals surface area contributed by atoms with E-state index in [4.69, 9.17) is 0 Å². The van der Waals surface area contributed by atoms with Crippen molar-refractivity contribution in [2.24, 2.45) is 5.92 Å². The summed E-state index contributed by atoms with van der Waals surface area (Å²) in [4.78, 5) is 23.3. The van der Waals surface area contributed by atoms with Crippen LogP contribution in [0, 0.1) is 21.8 Å². The van der Waals surface area contributed by atoms with Crippen LogP contribution in [0.1, 0.15) is 6.42 Å². The summed E-state index contributed by atoms with van der Waals surface area (Å²) in [6, 6.07) is 2.76. The van der Waals surface area contributed by atoms with Gasteiger partial charge in [0.25, 0.3) is 0 Å². The van der Waals surface area contributed by atoms with E-state index in [9.17, 15) is 19.3 Å². The van der Waals surface area contributed by atoms with Gasteiger partial charge in [0.15, 0.2) is 0 Å². The summed E-state index contributed by atoms with van der Waals surface area (Å²) in [7, 11) is 0. The topological polar surface area (TPSA) is 63.5 Å². The van der Waals surface area contributed by atoms with Crippen molar-refractivity contribution in [3.63, 3.8) is 0 Å². The lowest BCUT2D eigenvalue weighted by Crippen LogP contribution is -2.25. The maximum Gasteiger partial charge on any atom is 0.329 e. The number of hydrogen-bond donors (Lipinski definition) is 0. The minimum atomic E-state index is -0.961. The zero-order valence-corrected chi connectivity index (χ0v) is 12.8. The minimum absolute atomic E-state index is 0.00615. The Morgan fingerprint density at radius 2 is 2.21 bits per heavy atom. The predicted molar refractivity (Wildman–Crippen MR) is 75.0 cm³/mol. The highest BCUT2D eigenvalue weighted by Crippen LogP contribution is 2.37. The molecule has 1 aromatic carbocycles. The normalized spacial score (nSPS) is 19.0. The molecule has 1 aliphatic heterocycles. The monoisotopic (exact) mass is 394 g/mol. The molecule has 8 heteroatoms. The molecule has 0 bridgehead atoms. The molecule has 1 saturated heterocycles. The first-order valence-corrected chi connectivity index (χ1v) is 7.35. The van der Waals surface area contributed by atoms with Crippen molar-refractivity contribution in [2.75, 3.05) is 16.8 Å². The van der Waals surface area contributed by atoms with E-state index in [1.165, 1.54) is 17.0 Å². The summed E-state index contributed by atoms with van der Waals surface area (Å²) in [5.74, 6) is -1.11. The second-order valence-corrected chi connectivity index (χ2v) is 5.72. The summed E-state index contributed by atoms with van der Waals surface area (Å²) in [6.07, 6.45) is 0.306. The van der Waals surface area contributed by atoms with Crippen molar-refractivity contribution in [3.05, 3.63) is 32.5 Å². The van der Waals surface area contributed by atoms with Crippen LogP contribution >= 0.6 is 31.9 Å². The van der Waals surface area contributed by atoms with Gasteiger partial charge in [-0.15, -0.1) is 0 Å². The fourth-order valence-electron chi connectivity index (χ4n) is 2.04. The highest BCUT2D eigenvalue weighted by Gasteiger charge is 2.35. The Bertz CT molecular complexity index is 553. The number of carbonyl (C=O) groups excluding carboxylic acids is 1. The molecule has 0 aromatic heterocycles.